The summed E-state index contributed by atoms with van der Waals surface area (Å²) in [6, 6.07) is 1.06. The Hall–Kier alpha value is -3.91. The number of carbonyl (C=O) groups is 1. The standard InChI is InChI=1S/C23H23ClF2N8O4/c1-12-20(30-31-34(12)17-3-4-32(23(35)36)10-16(17)26)13-5-18(21-15(24)8-29-33(21)9-13)38-11-19(37-2)22-27-6-14(25)7-28-22/h5-9,16-17,19H,3-4,10-11H2,1-2H3,(H,35,36)/t16-,17+,19?/m0/s1. The number of fused-ring (bicyclic) bond motifs is 1. The minimum Gasteiger partial charge on any atom is -0.488 e. The van der Waals surface area contributed by atoms with Gasteiger partial charge in [-0.15, -0.1) is 5.10 Å². The number of amides is 1. The van der Waals surface area contributed by atoms with E-state index in [1.54, 1.807) is 19.2 Å². The lowest BCUT2D eigenvalue weighted by Gasteiger charge is -2.33. The van der Waals surface area contributed by atoms with Crippen LogP contribution in [0.2, 0.25) is 5.02 Å². The molecule has 12 nitrogen and oxygen atoms in total. The van der Waals surface area contributed by atoms with Gasteiger partial charge >= 0.3 is 6.09 Å². The zero-order chi connectivity index (χ0) is 27.0. The Labute approximate surface area is 219 Å². The van der Waals surface area contributed by atoms with Crippen molar-refractivity contribution >= 4 is 23.2 Å². The maximum Gasteiger partial charge on any atom is 0.407 e. The average molecular weight is 549 g/mol. The maximum atomic E-state index is 14.9. The first-order valence-electron chi connectivity index (χ1n) is 11.6. The number of hydrogen-bond donors (Lipinski definition) is 1. The molecular formula is C23H23ClF2N8O4. The third-order valence-electron chi connectivity index (χ3n) is 6.43. The summed E-state index contributed by atoms with van der Waals surface area (Å²) in [4.78, 5) is 20.2. The molecule has 15 heteroatoms. The van der Waals surface area contributed by atoms with Crippen LogP contribution in [-0.4, -0.2) is 83.7 Å². The molecule has 1 fully saturated rings. The van der Waals surface area contributed by atoms with Gasteiger partial charge in [0.05, 0.1) is 41.9 Å². The summed E-state index contributed by atoms with van der Waals surface area (Å²) < 4.78 is 42.6. The number of methoxy groups -OCH3 is 1. The largest absolute Gasteiger partial charge is 0.488 e. The van der Waals surface area contributed by atoms with Crippen LogP contribution in [0.3, 0.4) is 0 Å². The fourth-order valence-electron chi connectivity index (χ4n) is 4.45. The number of rotatable bonds is 7. The molecule has 5 heterocycles. The molecule has 0 radical (unpaired) electrons. The van der Waals surface area contributed by atoms with Crippen LogP contribution in [0.5, 0.6) is 5.75 Å². The molecule has 0 bridgehead atoms. The highest BCUT2D eigenvalue weighted by Crippen LogP contribution is 2.35. The lowest BCUT2D eigenvalue weighted by Crippen LogP contribution is -2.45. The highest BCUT2D eigenvalue weighted by atomic mass is 35.5. The van der Waals surface area contributed by atoms with Crippen LogP contribution in [-0.2, 0) is 4.74 Å². The first-order valence-corrected chi connectivity index (χ1v) is 12.0. The summed E-state index contributed by atoms with van der Waals surface area (Å²) >= 11 is 6.37. The molecule has 1 N–H and O–H groups in total. The third-order valence-corrected chi connectivity index (χ3v) is 6.70. The molecule has 4 aromatic rings. The molecule has 5 rings (SSSR count). The number of nitrogens with zero attached hydrogens (tertiary/aromatic N) is 8. The summed E-state index contributed by atoms with van der Waals surface area (Å²) in [7, 11) is 1.46. The number of hydrogen-bond acceptors (Lipinski definition) is 8. The molecule has 0 saturated carbocycles. The lowest BCUT2D eigenvalue weighted by molar-refractivity contribution is 0.0515. The highest BCUT2D eigenvalue weighted by molar-refractivity contribution is 6.34. The number of piperidine rings is 1. The molecule has 1 aliphatic rings. The van der Waals surface area contributed by atoms with Crippen molar-refractivity contribution in [3.8, 4) is 17.0 Å². The first kappa shape index (κ1) is 25.7. The van der Waals surface area contributed by atoms with Gasteiger partial charge < -0.3 is 19.5 Å². The topological polar surface area (TPSA) is 133 Å². The number of aromatic nitrogens is 7. The molecule has 0 aliphatic carbocycles. The van der Waals surface area contributed by atoms with Gasteiger partial charge in [-0.2, -0.15) is 5.10 Å². The van der Waals surface area contributed by atoms with Crippen molar-refractivity contribution in [1.29, 1.82) is 0 Å². The fourth-order valence-corrected chi connectivity index (χ4v) is 4.68. The predicted molar refractivity (Wildman–Crippen MR) is 129 cm³/mol. The van der Waals surface area contributed by atoms with E-state index in [9.17, 15) is 13.6 Å². The zero-order valence-electron chi connectivity index (χ0n) is 20.3. The molecule has 1 unspecified atom stereocenters. The maximum absolute atomic E-state index is 14.9. The lowest BCUT2D eigenvalue weighted by atomic mass is 10.0. The summed E-state index contributed by atoms with van der Waals surface area (Å²) in [5.41, 5.74) is 2.16. The number of pyridine rings is 1. The second kappa shape index (κ2) is 10.5. The zero-order valence-corrected chi connectivity index (χ0v) is 21.1. The molecule has 0 aromatic carbocycles. The van der Waals surface area contributed by atoms with E-state index >= 15 is 0 Å². The Morgan fingerprint density at radius 3 is 2.76 bits per heavy atom. The smallest absolute Gasteiger partial charge is 0.407 e. The van der Waals surface area contributed by atoms with Gasteiger partial charge in [-0.1, -0.05) is 16.8 Å². The first-order chi connectivity index (χ1) is 18.3. The predicted octanol–water partition coefficient (Wildman–Crippen LogP) is 3.51. The molecule has 3 atom stereocenters. The summed E-state index contributed by atoms with van der Waals surface area (Å²) in [5.74, 6) is 0.0374. The number of likely N-dealkylation sites (tertiary alicyclic amines) is 1. The second-order valence-electron chi connectivity index (χ2n) is 8.74. The van der Waals surface area contributed by atoms with Crippen LogP contribution in [0.1, 0.15) is 30.1 Å². The van der Waals surface area contributed by atoms with Gasteiger partial charge in [-0.3, -0.25) is 0 Å². The monoisotopic (exact) mass is 548 g/mol. The van der Waals surface area contributed by atoms with E-state index in [1.807, 2.05) is 0 Å². The van der Waals surface area contributed by atoms with E-state index in [2.05, 4.69) is 25.4 Å². The summed E-state index contributed by atoms with van der Waals surface area (Å²) in [6.45, 7) is 1.71. The van der Waals surface area contributed by atoms with Crippen LogP contribution in [0.25, 0.3) is 16.8 Å². The third kappa shape index (κ3) is 4.84. The van der Waals surface area contributed by atoms with E-state index in [1.165, 1.54) is 22.5 Å². The second-order valence-corrected chi connectivity index (χ2v) is 9.15. The Morgan fingerprint density at radius 2 is 2.08 bits per heavy atom. The van der Waals surface area contributed by atoms with Crippen molar-refractivity contribution in [2.24, 2.45) is 0 Å². The minimum absolute atomic E-state index is 0.0138. The molecule has 1 amide bonds. The van der Waals surface area contributed by atoms with Gasteiger partial charge in [-0.25, -0.2) is 32.7 Å². The molecular weight excluding hydrogens is 526 g/mol. The quantitative estimate of drug-likeness (QED) is 0.368. The van der Waals surface area contributed by atoms with Crippen molar-refractivity contribution < 1.29 is 28.2 Å². The SMILES string of the molecule is COC(COc1cc(-c2nnn([C@@H]3CCN(C(=O)O)C[C@@H]3F)c2C)cn2ncc(Cl)c12)c1ncc(F)cn1. The van der Waals surface area contributed by atoms with E-state index in [0.29, 0.717) is 33.2 Å². The Morgan fingerprint density at radius 1 is 1.32 bits per heavy atom. The van der Waals surface area contributed by atoms with Gasteiger partial charge in [-0.05, 0) is 19.4 Å². The van der Waals surface area contributed by atoms with Gasteiger partial charge in [0.25, 0.3) is 0 Å². The van der Waals surface area contributed by atoms with Crippen LogP contribution in [0.15, 0.2) is 30.9 Å². The van der Waals surface area contributed by atoms with Crippen LogP contribution < -0.4 is 4.74 Å². The van der Waals surface area contributed by atoms with Gasteiger partial charge in [0.15, 0.2) is 17.7 Å². The van der Waals surface area contributed by atoms with E-state index in [0.717, 1.165) is 17.3 Å². The molecule has 38 heavy (non-hydrogen) atoms. The van der Waals surface area contributed by atoms with Crippen molar-refractivity contribution in [1.82, 2.24) is 39.5 Å². The average Bonchev–Trinajstić information content (AvgIpc) is 3.47. The molecule has 0 spiro atoms. The van der Waals surface area contributed by atoms with E-state index in [-0.39, 0.29) is 31.9 Å². The molecule has 1 saturated heterocycles. The number of alkyl halides is 1. The molecule has 4 aromatic heterocycles. The Kier molecular flexibility index (Phi) is 7.08. The Bertz CT molecular complexity index is 1460. The summed E-state index contributed by atoms with van der Waals surface area (Å²) in [6.07, 6.45) is 2.25. The number of halogens is 3. The van der Waals surface area contributed by atoms with Crippen LogP contribution in [0, 0.1) is 12.7 Å². The number of ether oxygens (including phenoxy) is 2. The highest BCUT2D eigenvalue weighted by Gasteiger charge is 2.34. The Balaban J connectivity index is 1.44. The van der Waals surface area contributed by atoms with E-state index < -0.39 is 30.2 Å². The van der Waals surface area contributed by atoms with Gasteiger partial charge in [0.1, 0.15) is 29.7 Å². The minimum atomic E-state index is -1.43. The van der Waals surface area contributed by atoms with Crippen molar-refractivity contribution in [2.75, 3.05) is 26.8 Å². The van der Waals surface area contributed by atoms with E-state index in [4.69, 9.17) is 26.2 Å². The van der Waals surface area contributed by atoms with Crippen LogP contribution in [0.4, 0.5) is 13.6 Å². The summed E-state index contributed by atoms with van der Waals surface area (Å²) in [5, 5.41) is 22.3. The normalized spacial score (nSPS) is 18.6. The van der Waals surface area contributed by atoms with Gasteiger partial charge in [0.2, 0.25) is 0 Å². The van der Waals surface area contributed by atoms with Crippen molar-refractivity contribution in [3.63, 3.8) is 0 Å². The van der Waals surface area contributed by atoms with Gasteiger partial charge in [0, 0.05) is 25.4 Å². The molecule has 1 aliphatic heterocycles. The molecule has 200 valence electrons. The number of carboxylic acid groups (broad SMARTS) is 1. The van der Waals surface area contributed by atoms with Crippen molar-refractivity contribution in [2.45, 2.75) is 31.7 Å². The van der Waals surface area contributed by atoms with Crippen LogP contribution >= 0.6 is 11.6 Å². The van der Waals surface area contributed by atoms with Crippen molar-refractivity contribution in [3.05, 3.63) is 53.2 Å². The fraction of sp³-hybridized carbons (Fsp3) is 0.391.